The van der Waals surface area contributed by atoms with Gasteiger partial charge in [-0.25, -0.2) is 0 Å². The van der Waals surface area contributed by atoms with E-state index >= 15 is 0 Å². The Balaban J connectivity index is 0.00000225. The van der Waals surface area contributed by atoms with Gasteiger partial charge < -0.3 is 20.1 Å². The third-order valence-electron chi connectivity index (χ3n) is 5.45. The molecule has 2 aliphatic rings. The second-order valence-corrected chi connectivity index (χ2v) is 7.35. The van der Waals surface area contributed by atoms with Gasteiger partial charge in [0.05, 0.1) is 13.2 Å². The zero-order valence-electron chi connectivity index (χ0n) is 15.8. The van der Waals surface area contributed by atoms with Crippen molar-refractivity contribution in [2.45, 2.75) is 30.9 Å². The van der Waals surface area contributed by atoms with Crippen LogP contribution in [0.25, 0.3) is 0 Å². The number of likely N-dealkylation sites (tertiary alicyclic amines) is 1. The molecule has 28 heavy (non-hydrogen) atoms. The zero-order chi connectivity index (χ0) is 18.6. The lowest BCUT2D eigenvalue weighted by Crippen LogP contribution is -2.32. The Hall–Kier alpha value is -2.08. The minimum atomic E-state index is -0.0347. The van der Waals surface area contributed by atoms with Gasteiger partial charge in [-0.2, -0.15) is 0 Å². The van der Waals surface area contributed by atoms with Gasteiger partial charge in [-0.05, 0) is 29.8 Å². The fourth-order valence-corrected chi connectivity index (χ4v) is 3.89. The van der Waals surface area contributed by atoms with E-state index in [0.717, 1.165) is 31.8 Å². The predicted molar refractivity (Wildman–Crippen MR) is 111 cm³/mol. The first-order valence-corrected chi connectivity index (χ1v) is 9.65. The van der Waals surface area contributed by atoms with Crippen LogP contribution in [-0.4, -0.2) is 49.3 Å². The van der Waals surface area contributed by atoms with Crippen molar-refractivity contribution in [3.8, 4) is 5.75 Å². The minimum absolute atomic E-state index is 0. The summed E-state index contributed by atoms with van der Waals surface area (Å²) in [5.74, 6) is 1.02. The van der Waals surface area contributed by atoms with E-state index < -0.39 is 0 Å². The highest BCUT2D eigenvalue weighted by molar-refractivity contribution is 5.94. The number of hydrogen-bond donors (Lipinski definition) is 1. The molecule has 6 heteroatoms. The number of carbonyl (C=O) groups excluding carboxylic acids is 1. The van der Waals surface area contributed by atoms with Crippen LogP contribution in [0, 0.1) is 0 Å². The number of ether oxygens (including phenoxy) is 2. The van der Waals surface area contributed by atoms with E-state index in [1.807, 2.05) is 47.4 Å². The molecule has 0 unspecified atom stereocenters. The van der Waals surface area contributed by atoms with Gasteiger partial charge in [-0.3, -0.25) is 4.79 Å². The summed E-state index contributed by atoms with van der Waals surface area (Å²) in [6.07, 6.45) is 2.02. The maximum atomic E-state index is 12.9. The van der Waals surface area contributed by atoms with E-state index in [1.54, 1.807) is 0 Å². The highest BCUT2D eigenvalue weighted by atomic mass is 35.5. The Morgan fingerprint density at radius 2 is 1.68 bits per heavy atom. The summed E-state index contributed by atoms with van der Waals surface area (Å²) in [5.41, 5.74) is 8.19. The summed E-state index contributed by atoms with van der Waals surface area (Å²) in [5, 5.41) is 0. The van der Waals surface area contributed by atoms with Crippen LogP contribution in [-0.2, 0) is 4.74 Å². The number of carbonyl (C=O) groups is 1. The van der Waals surface area contributed by atoms with Crippen LogP contribution in [0.5, 0.6) is 5.75 Å². The van der Waals surface area contributed by atoms with Gasteiger partial charge in [-0.1, -0.05) is 30.3 Å². The summed E-state index contributed by atoms with van der Waals surface area (Å²) < 4.78 is 11.3. The maximum absolute atomic E-state index is 12.9. The molecule has 0 saturated carbocycles. The molecule has 2 saturated heterocycles. The second-order valence-electron chi connectivity index (χ2n) is 7.35. The van der Waals surface area contributed by atoms with Crippen molar-refractivity contribution in [2.75, 3.05) is 26.3 Å². The standard InChI is InChI=1S/C22H26N2O3.ClH/c23-21-15-24(14-20(21)16-4-2-1-3-5-16)22(25)17-6-8-18(9-7-17)27-19-10-12-26-13-11-19;/h1-9,19-21H,10-15,23H2;1H/t20-,21+;/m0./s1. The van der Waals surface area contributed by atoms with Crippen molar-refractivity contribution in [3.05, 3.63) is 65.7 Å². The summed E-state index contributed by atoms with van der Waals surface area (Å²) in [6.45, 7) is 2.74. The van der Waals surface area contributed by atoms with Crippen LogP contribution in [0.2, 0.25) is 0 Å². The monoisotopic (exact) mass is 402 g/mol. The minimum Gasteiger partial charge on any atom is -0.490 e. The molecule has 2 N–H and O–H groups in total. The smallest absolute Gasteiger partial charge is 0.253 e. The van der Waals surface area contributed by atoms with E-state index in [9.17, 15) is 4.79 Å². The molecular formula is C22H27ClN2O3. The average Bonchev–Trinajstić information content (AvgIpc) is 3.11. The van der Waals surface area contributed by atoms with E-state index in [-0.39, 0.29) is 36.4 Å². The molecule has 2 heterocycles. The van der Waals surface area contributed by atoms with Crippen molar-refractivity contribution in [1.82, 2.24) is 4.90 Å². The predicted octanol–water partition coefficient (Wildman–Crippen LogP) is 3.23. The van der Waals surface area contributed by atoms with Crippen LogP contribution in [0.4, 0.5) is 0 Å². The second kappa shape index (κ2) is 9.41. The van der Waals surface area contributed by atoms with Gasteiger partial charge in [-0.15, -0.1) is 12.4 Å². The molecule has 5 nitrogen and oxygen atoms in total. The highest BCUT2D eigenvalue weighted by Gasteiger charge is 2.34. The molecule has 150 valence electrons. The Kier molecular flexibility index (Phi) is 6.94. The van der Waals surface area contributed by atoms with Gasteiger partial charge in [0.25, 0.3) is 5.91 Å². The number of rotatable bonds is 4. The van der Waals surface area contributed by atoms with Crippen LogP contribution < -0.4 is 10.5 Å². The fourth-order valence-electron chi connectivity index (χ4n) is 3.89. The van der Waals surface area contributed by atoms with Crippen LogP contribution in [0.15, 0.2) is 54.6 Å². The maximum Gasteiger partial charge on any atom is 0.253 e. The molecule has 0 aromatic heterocycles. The molecule has 0 bridgehead atoms. The van der Waals surface area contributed by atoms with Crippen molar-refractivity contribution in [2.24, 2.45) is 5.73 Å². The normalized spacial score (nSPS) is 22.5. The van der Waals surface area contributed by atoms with Gasteiger partial charge in [0.2, 0.25) is 0 Å². The summed E-state index contributed by atoms with van der Waals surface area (Å²) in [4.78, 5) is 14.7. The Bertz CT molecular complexity index is 763. The van der Waals surface area contributed by atoms with E-state index in [0.29, 0.717) is 18.7 Å². The number of hydrogen-bond acceptors (Lipinski definition) is 4. The molecule has 2 fully saturated rings. The van der Waals surface area contributed by atoms with Crippen molar-refractivity contribution in [3.63, 3.8) is 0 Å². The molecule has 2 aromatic rings. The van der Waals surface area contributed by atoms with Crippen molar-refractivity contribution < 1.29 is 14.3 Å². The van der Waals surface area contributed by atoms with Crippen LogP contribution in [0.1, 0.15) is 34.7 Å². The lowest BCUT2D eigenvalue weighted by Gasteiger charge is -2.23. The van der Waals surface area contributed by atoms with Gasteiger partial charge in [0.1, 0.15) is 11.9 Å². The SMILES string of the molecule is Cl.N[C@@H]1CN(C(=O)c2ccc(OC3CCOCC3)cc2)C[C@H]1c1ccccc1. The van der Waals surface area contributed by atoms with Crippen molar-refractivity contribution in [1.29, 1.82) is 0 Å². The number of benzene rings is 2. The van der Waals surface area contributed by atoms with E-state index in [4.69, 9.17) is 15.2 Å². The summed E-state index contributed by atoms with van der Waals surface area (Å²) in [7, 11) is 0. The van der Waals surface area contributed by atoms with E-state index in [2.05, 4.69) is 12.1 Å². The Morgan fingerprint density at radius 3 is 2.36 bits per heavy atom. The Labute approximate surface area is 172 Å². The average molecular weight is 403 g/mol. The van der Waals surface area contributed by atoms with Gasteiger partial charge in [0.15, 0.2) is 0 Å². The zero-order valence-corrected chi connectivity index (χ0v) is 16.6. The molecule has 0 radical (unpaired) electrons. The molecule has 2 aliphatic heterocycles. The first kappa shape index (κ1) is 20.6. The molecule has 0 aliphatic carbocycles. The molecule has 4 rings (SSSR count). The van der Waals surface area contributed by atoms with Crippen molar-refractivity contribution >= 4 is 18.3 Å². The number of halogens is 1. The summed E-state index contributed by atoms with van der Waals surface area (Å²) in [6, 6.07) is 17.6. The fraction of sp³-hybridized carbons (Fsp3) is 0.409. The lowest BCUT2D eigenvalue weighted by molar-refractivity contribution is 0.0256. The lowest BCUT2D eigenvalue weighted by atomic mass is 9.95. The van der Waals surface area contributed by atoms with Gasteiger partial charge >= 0.3 is 0 Å². The Morgan fingerprint density at radius 1 is 1.00 bits per heavy atom. The quantitative estimate of drug-likeness (QED) is 0.852. The summed E-state index contributed by atoms with van der Waals surface area (Å²) >= 11 is 0. The topological polar surface area (TPSA) is 64.8 Å². The largest absolute Gasteiger partial charge is 0.490 e. The molecule has 0 spiro atoms. The third-order valence-corrected chi connectivity index (χ3v) is 5.45. The first-order chi connectivity index (χ1) is 13.2. The highest BCUT2D eigenvalue weighted by Crippen LogP contribution is 2.28. The molecular weight excluding hydrogens is 376 g/mol. The van der Waals surface area contributed by atoms with Crippen LogP contribution in [0.3, 0.4) is 0 Å². The number of nitrogens with two attached hydrogens (primary N) is 1. The first-order valence-electron chi connectivity index (χ1n) is 9.65. The molecule has 2 aromatic carbocycles. The number of amides is 1. The molecule has 2 atom stereocenters. The van der Waals surface area contributed by atoms with E-state index in [1.165, 1.54) is 5.56 Å². The number of nitrogens with zero attached hydrogens (tertiary/aromatic N) is 1. The van der Waals surface area contributed by atoms with Gasteiger partial charge in [0, 0.05) is 43.5 Å². The third kappa shape index (κ3) is 4.66. The van der Waals surface area contributed by atoms with Crippen LogP contribution >= 0.6 is 12.4 Å². The molecule has 1 amide bonds.